The van der Waals surface area contributed by atoms with E-state index in [4.69, 9.17) is 4.98 Å². The number of aromatic nitrogens is 2. The summed E-state index contributed by atoms with van der Waals surface area (Å²) in [6, 6.07) is 25.0. The molecule has 0 radical (unpaired) electrons. The number of hydrogen-bond donors (Lipinski definition) is 1. The lowest BCUT2D eigenvalue weighted by atomic mass is 10.0. The lowest BCUT2D eigenvalue weighted by Gasteiger charge is -2.34. The molecule has 7 heteroatoms. The molecule has 4 aromatic rings. The van der Waals surface area contributed by atoms with Crippen molar-refractivity contribution >= 4 is 28.3 Å². The van der Waals surface area contributed by atoms with Crippen LogP contribution < -0.4 is 5.32 Å². The highest BCUT2D eigenvalue weighted by molar-refractivity contribution is 7.16. The van der Waals surface area contributed by atoms with Gasteiger partial charge in [0.05, 0.1) is 5.69 Å². The van der Waals surface area contributed by atoms with E-state index in [1.54, 1.807) is 29.3 Å². The second-order valence-electron chi connectivity index (χ2n) is 8.53. The molecule has 1 N–H and O–H groups in total. The van der Waals surface area contributed by atoms with E-state index in [0.717, 1.165) is 35.4 Å². The van der Waals surface area contributed by atoms with Crippen LogP contribution in [0.2, 0.25) is 0 Å². The molecule has 1 aliphatic heterocycles. The summed E-state index contributed by atoms with van der Waals surface area (Å²) in [5.41, 5.74) is 3.43. The van der Waals surface area contributed by atoms with Crippen LogP contribution in [-0.4, -0.2) is 39.3 Å². The lowest BCUT2D eigenvalue weighted by Crippen LogP contribution is -2.50. The minimum absolute atomic E-state index is 0.200. The normalized spacial score (nSPS) is 15.5. The maximum absolute atomic E-state index is 13.4. The molecule has 35 heavy (non-hydrogen) atoms. The van der Waals surface area contributed by atoms with Crippen LogP contribution in [0.4, 0.5) is 5.13 Å². The Morgan fingerprint density at radius 3 is 2.43 bits per heavy atom. The molecule has 0 unspecified atom stereocenters. The number of benzene rings is 2. The van der Waals surface area contributed by atoms with Crippen LogP contribution in [0.15, 0.2) is 85.1 Å². The maximum Gasteiger partial charge on any atom is 0.273 e. The molecular weight excluding hydrogens is 456 g/mol. The highest BCUT2D eigenvalue weighted by atomic mass is 32.1. The molecule has 0 bridgehead atoms. The Hall–Kier alpha value is -3.84. The Kier molecular flexibility index (Phi) is 6.95. The third-order valence-corrected chi connectivity index (χ3v) is 7.10. The van der Waals surface area contributed by atoms with E-state index < -0.39 is 6.04 Å². The second kappa shape index (κ2) is 10.6. The zero-order valence-electron chi connectivity index (χ0n) is 19.3. The summed E-state index contributed by atoms with van der Waals surface area (Å²) in [7, 11) is 0. The van der Waals surface area contributed by atoms with Gasteiger partial charge in [-0.15, -0.1) is 11.3 Å². The van der Waals surface area contributed by atoms with Gasteiger partial charge in [0.15, 0.2) is 5.13 Å². The molecule has 0 saturated carbocycles. The number of piperidine rings is 1. The van der Waals surface area contributed by atoms with Gasteiger partial charge in [-0.2, -0.15) is 0 Å². The van der Waals surface area contributed by atoms with Crippen molar-refractivity contribution < 1.29 is 9.59 Å². The van der Waals surface area contributed by atoms with Crippen molar-refractivity contribution in [1.29, 1.82) is 0 Å². The molecular formula is C28H26N4O2S. The summed E-state index contributed by atoms with van der Waals surface area (Å²) >= 11 is 1.49. The summed E-state index contributed by atoms with van der Waals surface area (Å²) in [5.74, 6) is -0.409. The van der Waals surface area contributed by atoms with E-state index >= 15 is 0 Å². The summed E-state index contributed by atoms with van der Waals surface area (Å²) in [5, 5.41) is 3.57. The van der Waals surface area contributed by atoms with E-state index in [9.17, 15) is 9.59 Å². The third kappa shape index (κ3) is 5.30. The Morgan fingerprint density at radius 1 is 0.943 bits per heavy atom. The molecule has 0 aliphatic carbocycles. The second-order valence-corrected chi connectivity index (χ2v) is 9.62. The number of rotatable bonds is 6. The summed E-state index contributed by atoms with van der Waals surface area (Å²) in [4.78, 5) is 38.2. The van der Waals surface area contributed by atoms with Gasteiger partial charge in [0.2, 0.25) is 5.91 Å². The predicted octanol–water partition coefficient (Wildman–Crippen LogP) is 5.43. The van der Waals surface area contributed by atoms with Crippen molar-refractivity contribution in [3.8, 4) is 11.3 Å². The van der Waals surface area contributed by atoms with Gasteiger partial charge in [-0.1, -0.05) is 66.7 Å². The first kappa shape index (κ1) is 22.9. The molecule has 1 fully saturated rings. The fourth-order valence-corrected chi connectivity index (χ4v) is 5.42. The highest BCUT2D eigenvalue weighted by Crippen LogP contribution is 2.33. The number of thiazole rings is 1. The number of carbonyl (C=O) groups is 2. The molecule has 5 rings (SSSR count). The lowest BCUT2D eigenvalue weighted by molar-refractivity contribution is -0.121. The smallest absolute Gasteiger partial charge is 0.273 e. The molecule has 2 aromatic carbocycles. The van der Waals surface area contributed by atoms with E-state index in [2.05, 4.69) is 22.4 Å². The number of hydrogen-bond acceptors (Lipinski definition) is 5. The zero-order chi connectivity index (χ0) is 24.0. The van der Waals surface area contributed by atoms with Crippen LogP contribution in [0.3, 0.4) is 0 Å². The van der Waals surface area contributed by atoms with E-state index in [1.807, 2.05) is 48.5 Å². The third-order valence-electron chi connectivity index (χ3n) is 6.13. The summed E-state index contributed by atoms with van der Waals surface area (Å²) < 4.78 is 0. The van der Waals surface area contributed by atoms with Crippen LogP contribution in [0.1, 0.15) is 40.2 Å². The zero-order valence-corrected chi connectivity index (χ0v) is 20.1. The van der Waals surface area contributed by atoms with Crippen molar-refractivity contribution in [2.24, 2.45) is 0 Å². The monoisotopic (exact) mass is 482 g/mol. The first-order chi connectivity index (χ1) is 17.2. The van der Waals surface area contributed by atoms with E-state index in [0.29, 0.717) is 23.8 Å². The molecule has 1 atom stereocenters. The van der Waals surface area contributed by atoms with Gasteiger partial charge in [-0.05, 0) is 37.0 Å². The fourth-order valence-electron chi connectivity index (χ4n) is 4.40. The van der Waals surface area contributed by atoms with Gasteiger partial charge in [0.1, 0.15) is 11.7 Å². The number of carbonyl (C=O) groups excluding carboxylic acids is 2. The largest absolute Gasteiger partial charge is 0.325 e. The number of anilines is 1. The predicted molar refractivity (Wildman–Crippen MR) is 138 cm³/mol. The molecule has 0 spiro atoms. The average molecular weight is 483 g/mol. The Balaban J connectivity index is 1.39. The first-order valence-corrected chi connectivity index (χ1v) is 12.6. The van der Waals surface area contributed by atoms with E-state index in [1.165, 1.54) is 16.9 Å². The van der Waals surface area contributed by atoms with Crippen molar-refractivity contribution in [1.82, 2.24) is 14.9 Å². The van der Waals surface area contributed by atoms with Gasteiger partial charge in [0.25, 0.3) is 5.91 Å². The van der Waals surface area contributed by atoms with Crippen LogP contribution >= 0.6 is 11.3 Å². The molecule has 1 saturated heterocycles. The molecule has 2 amide bonds. The minimum atomic E-state index is -0.542. The highest BCUT2D eigenvalue weighted by Gasteiger charge is 2.33. The number of amides is 2. The van der Waals surface area contributed by atoms with Gasteiger partial charge in [-0.3, -0.25) is 14.6 Å². The van der Waals surface area contributed by atoms with Crippen LogP contribution in [-0.2, 0) is 11.2 Å². The van der Waals surface area contributed by atoms with Crippen molar-refractivity contribution in [2.75, 3.05) is 11.9 Å². The van der Waals surface area contributed by atoms with Crippen LogP contribution in [0.25, 0.3) is 11.3 Å². The molecule has 3 heterocycles. The van der Waals surface area contributed by atoms with Gasteiger partial charge < -0.3 is 10.2 Å². The Labute approximate surface area is 208 Å². The molecule has 2 aromatic heterocycles. The topological polar surface area (TPSA) is 75.2 Å². The van der Waals surface area contributed by atoms with Gasteiger partial charge >= 0.3 is 0 Å². The fraction of sp³-hybridized carbons (Fsp3) is 0.214. The minimum Gasteiger partial charge on any atom is -0.325 e. The summed E-state index contributed by atoms with van der Waals surface area (Å²) in [6.45, 7) is 0.542. The molecule has 176 valence electrons. The number of likely N-dealkylation sites (tertiary alicyclic amines) is 1. The SMILES string of the molecule is O=C(Nc1nc(-c2ccccc2)c(Cc2ccccc2)s1)[C@@H]1CCCCN1C(=O)c1ccccn1. The molecule has 1 aliphatic rings. The van der Waals surface area contributed by atoms with E-state index in [-0.39, 0.29) is 11.8 Å². The molecule has 6 nitrogen and oxygen atoms in total. The van der Waals surface area contributed by atoms with Crippen LogP contribution in [0, 0.1) is 0 Å². The standard InChI is InChI=1S/C28H26N4O2S/c33-26(23-16-8-10-18-32(23)27(34)22-15-7-9-17-29-22)31-28-30-25(21-13-5-2-6-14-21)24(35-28)19-20-11-3-1-4-12-20/h1-7,9,11-15,17,23H,8,10,16,18-19H2,(H,30,31,33)/t23-/m0/s1. The van der Waals surface area contributed by atoms with Crippen molar-refractivity contribution in [2.45, 2.75) is 31.7 Å². The van der Waals surface area contributed by atoms with Gasteiger partial charge in [0, 0.05) is 29.6 Å². The average Bonchev–Trinajstić information content (AvgIpc) is 3.31. The van der Waals surface area contributed by atoms with Crippen LogP contribution in [0.5, 0.6) is 0 Å². The summed E-state index contributed by atoms with van der Waals surface area (Å²) in [6.07, 6.45) is 4.72. The number of nitrogens with one attached hydrogen (secondary N) is 1. The Bertz CT molecular complexity index is 1290. The first-order valence-electron chi connectivity index (χ1n) is 11.8. The van der Waals surface area contributed by atoms with Crippen molar-refractivity contribution in [3.63, 3.8) is 0 Å². The number of pyridine rings is 1. The Morgan fingerprint density at radius 2 is 1.69 bits per heavy atom. The van der Waals surface area contributed by atoms with Crippen molar-refractivity contribution in [3.05, 3.63) is 101 Å². The van der Waals surface area contributed by atoms with Gasteiger partial charge in [-0.25, -0.2) is 4.98 Å². The number of nitrogens with zero attached hydrogens (tertiary/aromatic N) is 3. The quantitative estimate of drug-likeness (QED) is 0.398. The maximum atomic E-state index is 13.4.